The molecule has 0 aromatic heterocycles. The van der Waals surface area contributed by atoms with Crippen molar-refractivity contribution < 1.29 is 13.9 Å². The number of hydrogen-bond donors (Lipinski definition) is 1. The summed E-state index contributed by atoms with van der Waals surface area (Å²) < 4.78 is 19.1. The lowest BCUT2D eigenvalue weighted by atomic mass is 9.89. The van der Waals surface area contributed by atoms with Gasteiger partial charge < -0.3 is 9.64 Å². The second kappa shape index (κ2) is 7.73. The van der Waals surface area contributed by atoms with Crippen LogP contribution in [0.3, 0.4) is 0 Å². The van der Waals surface area contributed by atoms with Crippen LogP contribution in [-0.2, 0) is 4.74 Å². The molecule has 1 saturated heterocycles. The Balaban J connectivity index is 1.93. The van der Waals surface area contributed by atoms with Crippen LogP contribution in [0.25, 0.3) is 0 Å². The molecule has 2 rings (SSSR count). The van der Waals surface area contributed by atoms with Crippen LogP contribution in [0.4, 0.5) is 14.9 Å². The first-order chi connectivity index (χ1) is 11.5. The first-order valence-corrected chi connectivity index (χ1v) is 9.03. The van der Waals surface area contributed by atoms with Gasteiger partial charge in [0, 0.05) is 12.2 Å². The molecule has 5 heteroatoms. The van der Waals surface area contributed by atoms with E-state index in [1.165, 1.54) is 5.56 Å². The van der Waals surface area contributed by atoms with Crippen molar-refractivity contribution in [3.8, 4) is 0 Å². The standard InChI is InChI=1S/C20H31FN2O2/c1-19(2,3)25-18(24)22-17-8-6-7-16(13-17)15-9-11-23(12-10-15)14-20(4,5)21/h6-8,13,15H,9-12,14H2,1-5H3,(H,22,24). The zero-order chi connectivity index (χ0) is 18.7. The number of halogens is 1. The minimum atomic E-state index is -1.15. The van der Waals surface area contributed by atoms with Crippen LogP contribution >= 0.6 is 0 Å². The number of rotatable bonds is 4. The van der Waals surface area contributed by atoms with Gasteiger partial charge in [0.15, 0.2) is 0 Å². The van der Waals surface area contributed by atoms with E-state index in [2.05, 4.69) is 16.3 Å². The first-order valence-electron chi connectivity index (χ1n) is 9.03. The van der Waals surface area contributed by atoms with Crippen molar-refractivity contribution >= 4 is 11.8 Å². The molecular formula is C20H31FN2O2. The van der Waals surface area contributed by atoms with Gasteiger partial charge in [-0.15, -0.1) is 0 Å². The summed E-state index contributed by atoms with van der Waals surface area (Å²) in [5, 5.41) is 2.80. The Bertz CT molecular complexity index is 582. The molecule has 1 fully saturated rings. The maximum Gasteiger partial charge on any atom is 0.412 e. The number of anilines is 1. The number of benzene rings is 1. The van der Waals surface area contributed by atoms with Crippen LogP contribution in [0, 0.1) is 0 Å². The van der Waals surface area contributed by atoms with E-state index in [9.17, 15) is 9.18 Å². The third kappa shape index (κ3) is 7.02. The number of nitrogens with zero attached hydrogens (tertiary/aromatic N) is 1. The van der Waals surface area contributed by atoms with Crippen molar-refractivity contribution in [2.24, 2.45) is 0 Å². The predicted molar refractivity (Wildman–Crippen MR) is 99.9 cm³/mol. The molecule has 1 amide bonds. The van der Waals surface area contributed by atoms with Gasteiger partial charge in [0.2, 0.25) is 0 Å². The monoisotopic (exact) mass is 350 g/mol. The van der Waals surface area contributed by atoms with E-state index in [0.717, 1.165) is 31.6 Å². The maximum atomic E-state index is 13.8. The third-order valence-electron chi connectivity index (χ3n) is 4.19. The highest BCUT2D eigenvalue weighted by molar-refractivity contribution is 5.84. The molecular weight excluding hydrogens is 319 g/mol. The summed E-state index contributed by atoms with van der Waals surface area (Å²) in [5.74, 6) is 0.444. The highest BCUT2D eigenvalue weighted by Gasteiger charge is 2.26. The van der Waals surface area contributed by atoms with Crippen LogP contribution in [0.2, 0.25) is 0 Å². The normalized spacial score (nSPS) is 17.4. The van der Waals surface area contributed by atoms with E-state index in [0.29, 0.717) is 12.5 Å². The van der Waals surface area contributed by atoms with Gasteiger partial charge in [0.1, 0.15) is 11.3 Å². The lowest BCUT2D eigenvalue weighted by molar-refractivity contribution is 0.0636. The lowest BCUT2D eigenvalue weighted by Crippen LogP contribution is -2.40. The van der Waals surface area contributed by atoms with E-state index in [1.807, 2.05) is 39.0 Å². The van der Waals surface area contributed by atoms with Gasteiger partial charge in [-0.2, -0.15) is 0 Å². The van der Waals surface area contributed by atoms with Crippen LogP contribution in [0.5, 0.6) is 0 Å². The molecule has 0 unspecified atom stereocenters. The molecule has 0 spiro atoms. The Morgan fingerprint density at radius 2 is 1.88 bits per heavy atom. The fraction of sp³-hybridized carbons (Fsp3) is 0.650. The largest absolute Gasteiger partial charge is 0.444 e. The molecule has 0 atom stereocenters. The molecule has 1 aromatic carbocycles. The summed E-state index contributed by atoms with van der Waals surface area (Å²) in [5.41, 5.74) is 0.301. The van der Waals surface area contributed by atoms with Crippen LogP contribution in [0.1, 0.15) is 58.9 Å². The van der Waals surface area contributed by atoms with Crippen LogP contribution in [0.15, 0.2) is 24.3 Å². The van der Waals surface area contributed by atoms with Crippen molar-refractivity contribution in [2.75, 3.05) is 25.0 Å². The van der Waals surface area contributed by atoms with Crippen LogP contribution < -0.4 is 5.32 Å². The number of likely N-dealkylation sites (tertiary alicyclic amines) is 1. The van der Waals surface area contributed by atoms with Crippen molar-refractivity contribution in [2.45, 2.75) is 64.6 Å². The van der Waals surface area contributed by atoms with Crippen LogP contribution in [-0.4, -0.2) is 41.9 Å². The van der Waals surface area contributed by atoms with E-state index < -0.39 is 17.4 Å². The van der Waals surface area contributed by atoms with Crippen molar-refractivity contribution in [1.82, 2.24) is 4.90 Å². The van der Waals surface area contributed by atoms with E-state index >= 15 is 0 Å². The minimum absolute atomic E-state index is 0.440. The third-order valence-corrected chi connectivity index (χ3v) is 4.19. The lowest BCUT2D eigenvalue weighted by Gasteiger charge is -2.34. The van der Waals surface area contributed by atoms with Crippen molar-refractivity contribution in [3.63, 3.8) is 0 Å². The van der Waals surface area contributed by atoms with Gasteiger partial charge in [0.25, 0.3) is 0 Å². The second-order valence-electron chi connectivity index (χ2n) is 8.52. The molecule has 25 heavy (non-hydrogen) atoms. The van der Waals surface area contributed by atoms with Gasteiger partial charge >= 0.3 is 6.09 Å². The fourth-order valence-corrected chi connectivity index (χ4v) is 3.25. The highest BCUT2D eigenvalue weighted by atomic mass is 19.1. The van der Waals surface area contributed by atoms with E-state index in [1.54, 1.807) is 13.8 Å². The number of ether oxygens (including phenoxy) is 1. The van der Waals surface area contributed by atoms with Gasteiger partial charge in [0.05, 0.1) is 0 Å². The maximum absolute atomic E-state index is 13.8. The molecule has 1 aliphatic rings. The SMILES string of the molecule is CC(C)(F)CN1CCC(c2cccc(NC(=O)OC(C)(C)C)c2)CC1. The molecule has 0 bridgehead atoms. The summed E-state index contributed by atoms with van der Waals surface area (Å²) in [6.45, 7) is 11.1. The number of alkyl halides is 1. The number of piperidine rings is 1. The summed E-state index contributed by atoms with van der Waals surface area (Å²) in [4.78, 5) is 14.1. The Hall–Kier alpha value is -1.62. The fourth-order valence-electron chi connectivity index (χ4n) is 3.25. The number of nitrogens with one attached hydrogen (secondary N) is 1. The van der Waals surface area contributed by atoms with E-state index in [4.69, 9.17) is 4.74 Å². The summed E-state index contributed by atoms with van der Waals surface area (Å²) in [6.07, 6.45) is 1.57. The average molecular weight is 350 g/mol. The van der Waals surface area contributed by atoms with E-state index in [-0.39, 0.29) is 0 Å². The molecule has 1 N–H and O–H groups in total. The molecule has 0 radical (unpaired) electrons. The zero-order valence-corrected chi connectivity index (χ0v) is 16.1. The Labute approximate surface area is 150 Å². The minimum Gasteiger partial charge on any atom is -0.444 e. The Morgan fingerprint density at radius 3 is 2.44 bits per heavy atom. The number of hydrogen-bond acceptors (Lipinski definition) is 3. The van der Waals surface area contributed by atoms with Crippen molar-refractivity contribution in [3.05, 3.63) is 29.8 Å². The number of carbonyl (C=O) groups excluding carboxylic acids is 1. The summed E-state index contributed by atoms with van der Waals surface area (Å²) >= 11 is 0. The highest BCUT2D eigenvalue weighted by Crippen LogP contribution is 2.30. The zero-order valence-electron chi connectivity index (χ0n) is 16.1. The molecule has 0 aliphatic carbocycles. The quantitative estimate of drug-likeness (QED) is 0.834. The molecule has 1 aromatic rings. The van der Waals surface area contributed by atoms with Gasteiger partial charge in [-0.25, -0.2) is 9.18 Å². The summed E-state index contributed by atoms with van der Waals surface area (Å²) in [7, 11) is 0. The molecule has 1 aliphatic heterocycles. The van der Waals surface area contributed by atoms with Gasteiger partial charge in [-0.1, -0.05) is 12.1 Å². The molecule has 0 saturated carbocycles. The smallest absolute Gasteiger partial charge is 0.412 e. The average Bonchev–Trinajstić information content (AvgIpc) is 2.44. The van der Waals surface area contributed by atoms with Gasteiger partial charge in [-0.3, -0.25) is 5.32 Å². The van der Waals surface area contributed by atoms with Gasteiger partial charge in [-0.05, 0) is 84.2 Å². The Kier molecular flexibility index (Phi) is 6.09. The topological polar surface area (TPSA) is 41.6 Å². The first kappa shape index (κ1) is 19.7. The number of carbonyl (C=O) groups is 1. The molecule has 4 nitrogen and oxygen atoms in total. The predicted octanol–water partition coefficient (Wildman–Crippen LogP) is 4.96. The molecule has 1 heterocycles. The Morgan fingerprint density at radius 1 is 1.24 bits per heavy atom. The number of amides is 1. The molecule has 140 valence electrons. The summed E-state index contributed by atoms with van der Waals surface area (Å²) in [6, 6.07) is 7.94. The second-order valence-corrected chi connectivity index (χ2v) is 8.52. The van der Waals surface area contributed by atoms with Crippen molar-refractivity contribution in [1.29, 1.82) is 0 Å².